The number of carbonyl (C=O) groups excluding carboxylic acids is 1. The molecule has 1 saturated carbocycles. The molecule has 38 heavy (non-hydrogen) atoms. The van der Waals surface area contributed by atoms with Gasteiger partial charge >= 0.3 is 6.09 Å². The zero-order valence-corrected chi connectivity index (χ0v) is 22.1. The number of carbonyl (C=O) groups is 1. The molecule has 3 heterocycles. The molecular formula is C30H33N5O3. The number of likely N-dealkylation sites (tertiary alicyclic amines) is 1. The Hall–Kier alpha value is -4.07. The molecule has 1 atom stereocenters. The van der Waals surface area contributed by atoms with Crippen molar-refractivity contribution in [3.05, 3.63) is 66.6 Å². The van der Waals surface area contributed by atoms with Crippen LogP contribution in [0.3, 0.4) is 0 Å². The summed E-state index contributed by atoms with van der Waals surface area (Å²) in [6, 6.07) is 18.0. The molecule has 196 valence electrons. The number of amides is 1. The molecule has 0 bridgehead atoms. The monoisotopic (exact) mass is 511 g/mol. The van der Waals surface area contributed by atoms with Crippen LogP contribution in [0.15, 0.2) is 60.9 Å². The summed E-state index contributed by atoms with van der Waals surface area (Å²) in [5.74, 6) is 2.46. The van der Waals surface area contributed by atoms with E-state index in [0.717, 1.165) is 52.9 Å². The Bertz CT molecular complexity index is 1470. The molecule has 1 saturated heterocycles. The first kappa shape index (κ1) is 24.3. The van der Waals surface area contributed by atoms with Crippen molar-refractivity contribution in [2.45, 2.75) is 57.6 Å². The largest absolute Gasteiger partial charge is 0.457 e. The first-order chi connectivity index (χ1) is 18.3. The lowest BCUT2D eigenvalue weighted by molar-refractivity contribution is 0.0289. The number of nitrogens with two attached hydrogens (primary N) is 1. The topological polar surface area (TPSA) is 95.5 Å². The van der Waals surface area contributed by atoms with Gasteiger partial charge in [0.05, 0.1) is 11.4 Å². The molecule has 0 radical (unpaired) electrons. The maximum Gasteiger partial charge on any atom is 0.410 e. The van der Waals surface area contributed by atoms with Gasteiger partial charge in [-0.15, -0.1) is 0 Å². The summed E-state index contributed by atoms with van der Waals surface area (Å²) in [5, 5.41) is 0.877. The average molecular weight is 512 g/mol. The molecule has 2 aromatic heterocycles. The molecule has 1 aliphatic heterocycles. The molecule has 2 aromatic carbocycles. The number of nitrogen functional groups attached to an aromatic ring is 1. The highest BCUT2D eigenvalue weighted by molar-refractivity contribution is 6.03. The summed E-state index contributed by atoms with van der Waals surface area (Å²) in [7, 11) is 0. The SMILES string of the molecule is CC(C)(C)OC(=O)N1CC[C@@H](n2c(C3CC3)c(-c3ccc(Oc4ccccc4)cc3)c3c(N)ncnc32)C1. The van der Waals surface area contributed by atoms with Crippen LogP contribution in [0.2, 0.25) is 0 Å². The summed E-state index contributed by atoms with van der Waals surface area (Å²) in [5.41, 5.74) is 10.2. The number of nitrogens with zero attached hydrogens (tertiary/aromatic N) is 4. The van der Waals surface area contributed by atoms with Gasteiger partial charge in [-0.05, 0) is 75.8 Å². The molecule has 8 nitrogen and oxygen atoms in total. The number of hydrogen-bond acceptors (Lipinski definition) is 6. The van der Waals surface area contributed by atoms with Gasteiger partial charge in [0.15, 0.2) is 0 Å². The minimum atomic E-state index is -0.528. The molecule has 1 amide bonds. The predicted molar refractivity (Wildman–Crippen MR) is 147 cm³/mol. The summed E-state index contributed by atoms with van der Waals surface area (Å²) in [6.07, 6.45) is 4.33. The second-order valence-electron chi connectivity index (χ2n) is 11.2. The lowest BCUT2D eigenvalue weighted by Gasteiger charge is -2.25. The van der Waals surface area contributed by atoms with Gasteiger partial charge in [0.2, 0.25) is 0 Å². The fraction of sp³-hybridized carbons (Fsp3) is 0.367. The number of fused-ring (bicyclic) bond motifs is 1. The Morgan fingerprint density at radius 3 is 2.37 bits per heavy atom. The molecule has 0 spiro atoms. The number of benzene rings is 2. The van der Waals surface area contributed by atoms with Crippen molar-refractivity contribution < 1.29 is 14.3 Å². The van der Waals surface area contributed by atoms with E-state index in [1.165, 1.54) is 12.0 Å². The fourth-order valence-electron chi connectivity index (χ4n) is 5.35. The fourth-order valence-corrected chi connectivity index (χ4v) is 5.35. The highest BCUT2D eigenvalue weighted by atomic mass is 16.6. The van der Waals surface area contributed by atoms with E-state index in [1.54, 1.807) is 4.90 Å². The Balaban J connectivity index is 1.39. The van der Waals surface area contributed by atoms with Crippen LogP contribution in [0.25, 0.3) is 22.2 Å². The molecule has 2 N–H and O–H groups in total. The highest BCUT2D eigenvalue weighted by Crippen LogP contribution is 2.51. The number of aromatic nitrogens is 3. The third-order valence-electron chi connectivity index (χ3n) is 7.12. The van der Waals surface area contributed by atoms with Crippen LogP contribution in [0.5, 0.6) is 11.5 Å². The van der Waals surface area contributed by atoms with Crippen molar-refractivity contribution >= 4 is 22.9 Å². The number of hydrogen-bond donors (Lipinski definition) is 1. The van der Waals surface area contributed by atoms with Gasteiger partial charge in [0.1, 0.15) is 34.9 Å². The summed E-state index contributed by atoms with van der Waals surface area (Å²) in [4.78, 5) is 23.7. The van der Waals surface area contributed by atoms with Crippen LogP contribution >= 0.6 is 0 Å². The number of anilines is 1. The molecule has 1 aliphatic carbocycles. The third-order valence-corrected chi connectivity index (χ3v) is 7.12. The minimum absolute atomic E-state index is 0.0874. The third kappa shape index (κ3) is 4.66. The summed E-state index contributed by atoms with van der Waals surface area (Å²) in [6.45, 7) is 6.90. The summed E-state index contributed by atoms with van der Waals surface area (Å²) < 4.78 is 14.0. The Labute approximate surface area is 222 Å². The predicted octanol–water partition coefficient (Wildman–Crippen LogP) is 6.53. The molecule has 6 rings (SSSR count). The van der Waals surface area contributed by atoms with Crippen LogP contribution in [0, 0.1) is 0 Å². The first-order valence-corrected chi connectivity index (χ1v) is 13.2. The van der Waals surface area contributed by atoms with Crippen LogP contribution in [0.1, 0.15) is 57.7 Å². The van der Waals surface area contributed by atoms with Crippen molar-refractivity contribution in [3.63, 3.8) is 0 Å². The van der Waals surface area contributed by atoms with E-state index in [1.807, 2.05) is 63.2 Å². The van der Waals surface area contributed by atoms with Gasteiger partial charge in [0.25, 0.3) is 0 Å². The molecule has 8 heteroatoms. The van der Waals surface area contributed by atoms with Crippen molar-refractivity contribution in [3.8, 4) is 22.6 Å². The van der Waals surface area contributed by atoms with E-state index in [0.29, 0.717) is 24.8 Å². The second kappa shape index (κ2) is 9.35. The van der Waals surface area contributed by atoms with Gasteiger partial charge in [-0.1, -0.05) is 30.3 Å². The normalized spacial score (nSPS) is 17.7. The van der Waals surface area contributed by atoms with E-state index < -0.39 is 5.60 Å². The van der Waals surface area contributed by atoms with Crippen molar-refractivity contribution in [1.29, 1.82) is 0 Å². The second-order valence-corrected chi connectivity index (χ2v) is 11.2. The van der Waals surface area contributed by atoms with Crippen LogP contribution < -0.4 is 10.5 Å². The minimum Gasteiger partial charge on any atom is -0.457 e. The van der Waals surface area contributed by atoms with Crippen molar-refractivity contribution in [1.82, 2.24) is 19.4 Å². The Kier molecular flexibility index (Phi) is 5.97. The smallest absolute Gasteiger partial charge is 0.410 e. The lowest BCUT2D eigenvalue weighted by Crippen LogP contribution is -2.35. The molecule has 0 unspecified atom stereocenters. The lowest BCUT2D eigenvalue weighted by atomic mass is 10.0. The van der Waals surface area contributed by atoms with E-state index in [2.05, 4.69) is 21.7 Å². The first-order valence-electron chi connectivity index (χ1n) is 13.2. The van der Waals surface area contributed by atoms with Crippen LogP contribution in [0.4, 0.5) is 10.6 Å². The zero-order chi connectivity index (χ0) is 26.4. The van der Waals surface area contributed by atoms with Gasteiger partial charge < -0.3 is 24.7 Å². The summed E-state index contributed by atoms with van der Waals surface area (Å²) >= 11 is 0. The maximum atomic E-state index is 12.8. The standard InChI is InChI=1S/C30H33N5O3/c1-30(2,3)38-29(36)34-16-15-21(17-34)35-26(20-9-10-20)24(25-27(31)32-18-33-28(25)35)19-11-13-23(14-12-19)37-22-7-5-4-6-8-22/h4-8,11-14,18,20-21H,9-10,15-17H2,1-3H3,(H2,31,32,33)/t21-/m1/s1. The van der Waals surface area contributed by atoms with Gasteiger partial charge in [-0.3, -0.25) is 0 Å². The van der Waals surface area contributed by atoms with E-state index in [4.69, 9.17) is 20.2 Å². The Morgan fingerprint density at radius 1 is 0.974 bits per heavy atom. The van der Waals surface area contributed by atoms with E-state index in [9.17, 15) is 4.79 Å². The number of para-hydroxylation sites is 1. The molecule has 4 aromatic rings. The van der Waals surface area contributed by atoms with E-state index in [-0.39, 0.29) is 12.1 Å². The number of ether oxygens (including phenoxy) is 2. The molecular weight excluding hydrogens is 478 g/mol. The van der Waals surface area contributed by atoms with Gasteiger partial charge in [0, 0.05) is 24.3 Å². The number of rotatable bonds is 5. The van der Waals surface area contributed by atoms with Crippen molar-refractivity contribution in [2.75, 3.05) is 18.8 Å². The van der Waals surface area contributed by atoms with Crippen LogP contribution in [-0.2, 0) is 4.74 Å². The van der Waals surface area contributed by atoms with Gasteiger partial charge in [-0.25, -0.2) is 14.8 Å². The quantitative estimate of drug-likeness (QED) is 0.327. The van der Waals surface area contributed by atoms with E-state index >= 15 is 0 Å². The molecule has 2 fully saturated rings. The van der Waals surface area contributed by atoms with Crippen molar-refractivity contribution in [2.24, 2.45) is 0 Å². The molecule has 2 aliphatic rings. The maximum absolute atomic E-state index is 12.8. The highest BCUT2D eigenvalue weighted by Gasteiger charge is 2.39. The average Bonchev–Trinajstić information content (AvgIpc) is 3.49. The van der Waals surface area contributed by atoms with Crippen LogP contribution in [-0.4, -0.2) is 44.2 Å². The Morgan fingerprint density at radius 2 is 1.68 bits per heavy atom. The van der Waals surface area contributed by atoms with Gasteiger partial charge in [-0.2, -0.15) is 0 Å². The zero-order valence-electron chi connectivity index (χ0n) is 22.1.